The standard InChI is InChI=1S/C21H31N3O6/c1-13(2)10-16(20(27)28)23-17(25)11-22-19(26)18(14(3)4)24-21(29)30-12-15-8-6-5-7-9-15/h5-9,13-14,16,18H,10-12H2,1-4H3,(H,22,26)(H,23,25)(H,24,29)(H,27,28). The maximum absolute atomic E-state index is 12.4. The first-order valence-electron chi connectivity index (χ1n) is 9.87. The Balaban J connectivity index is 2.53. The molecule has 0 heterocycles. The van der Waals surface area contributed by atoms with Gasteiger partial charge in [0.15, 0.2) is 0 Å². The molecule has 2 atom stereocenters. The zero-order valence-corrected chi connectivity index (χ0v) is 17.8. The fourth-order valence-corrected chi connectivity index (χ4v) is 2.64. The van der Waals surface area contributed by atoms with Crippen LogP contribution in [0, 0.1) is 11.8 Å². The Kier molecular flexibility index (Phi) is 10.4. The molecule has 0 saturated carbocycles. The number of carboxylic acids is 1. The van der Waals surface area contributed by atoms with E-state index >= 15 is 0 Å². The monoisotopic (exact) mass is 421 g/mol. The fourth-order valence-electron chi connectivity index (χ4n) is 2.64. The molecule has 1 aromatic carbocycles. The van der Waals surface area contributed by atoms with Crippen molar-refractivity contribution in [2.24, 2.45) is 11.8 Å². The van der Waals surface area contributed by atoms with E-state index in [2.05, 4.69) is 16.0 Å². The van der Waals surface area contributed by atoms with Crippen LogP contribution in [0.5, 0.6) is 0 Å². The van der Waals surface area contributed by atoms with Crippen LogP contribution in [0.3, 0.4) is 0 Å². The highest BCUT2D eigenvalue weighted by atomic mass is 16.5. The van der Waals surface area contributed by atoms with Crippen molar-refractivity contribution in [1.29, 1.82) is 0 Å². The second-order valence-electron chi connectivity index (χ2n) is 7.73. The molecule has 0 aliphatic carbocycles. The number of benzene rings is 1. The number of hydrogen-bond donors (Lipinski definition) is 4. The highest BCUT2D eigenvalue weighted by molar-refractivity contribution is 5.91. The van der Waals surface area contributed by atoms with E-state index in [-0.39, 0.29) is 24.9 Å². The zero-order valence-electron chi connectivity index (χ0n) is 17.8. The molecule has 0 spiro atoms. The van der Waals surface area contributed by atoms with E-state index in [0.29, 0.717) is 0 Å². The zero-order chi connectivity index (χ0) is 22.7. The number of amides is 3. The Morgan fingerprint density at radius 3 is 2.17 bits per heavy atom. The third-order valence-corrected chi connectivity index (χ3v) is 4.20. The summed E-state index contributed by atoms with van der Waals surface area (Å²) in [5.41, 5.74) is 0.809. The number of nitrogens with one attached hydrogen (secondary N) is 3. The molecule has 0 aromatic heterocycles. The topological polar surface area (TPSA) is 134 Å². The van der Waals surface area contributed by atoms with E-state index in [0.717, 1.165) is 5.56 Å². The first kappa shape index (κ1) is 24.9. The summed E-state index contributed by atoms with van der Waals surface area (Å²) in [7, 11) is 0. The largest absolute Gasteiger partial charge is 0.480 e. The van der Waals surface area contributed by atoms with Gasteiger partial charge in [0.05, 0.1) is 6.54 Å². The van der Waals surface area contributed by atoms with E-state index < -0.39 is 42.5 Å². The van der Waals surface area contributed by atoms with E-state index in [4.69, 9.17) is 4.74 Å². The maximum Gasteiger partial charge on any atom is 0.408 e. The van der Waals surface area contributed by atoms with Crippen molar-refractivity contribution in [2.45, 2.75) is 52.8 Å². The second-order valence-corrected chi connectivity index (χ2v) is 7.73. The van der Waals surface area contributed by atoms with Gasteiger partial charge in [-0.25, -0.2) is 9.59 Å². The first-order chi connectivity index (χ1) is 14.1. The van der Waals surface area contributed by atoms with Gasteiger partial charge in [-0.15, -0.1) is 0 Å². The molecule has 9 nitrogen and oxygen atoms in total. The van der Waals surface area contributed by atoms with Gasteiger partial charge in [0.1, 0.15) is 18.7 Å². The Morgan fingerprint density at radius 2 is 1.63 bits per heavy atom. The van der Waals surface area contributed by atoms with Gasteiger partial charge >= 0.3 is 12.1 Å². The molecular weight excluding hydrogens is 390 g/mol. The molecule has 0 bridgehead atoms. The minimum Gasteiger partial charge on any atom is -0.480 e. The summed E-state index contributed by atoms with van der Waals surface area (Å²) in [6.07, 6.45) is -0.474. The number of rotatable bonds is 11. The third-order valence-electron chi connectivity index (χ3n) is 4.20. The molecule has 0 aliphatic heterocycles. The lowest BCUT2D eigenvalue weighted by Gasteiger charge is -2.22. The molecule has 0 saturated heterocycles. The quantitative estimate of drug-likeness (QED) is 0.429. The highest BCUT2D eigenvalue weighted by Gasteiger charge is 2.26. The van der Waals surface area contributed by atoms with Crippen LogP contribution in [0.25, 0.3) is 0 Å². The third kappa shape index (κ3) is 9.40. The van der Waals surface area contributed by atoms with Crippen molar-refractivity contribution in [1.82, 2.24) is 16.0 Å². The van der Waals surface area contributed by atoms with Crippen LogP contribution in [0.1, 0.15) is 39.7 Å². The highest BCUT2D eigenvalue weighted by Crippen LogP contribution is 2.06. The van der Waals surface area contributed by atoms with Gasteiger partial charge < -0.3 is 25.8 Å². The molecular formula is C21H31N3O6. The van der Waals surface area contributed by atoms with Gasteiger partial charge in [0.25, 0.3) is 0 Å². The van der Waals surface area contributed by atoms with E-state index in [9.17, 15) is 24.3 Å². The Labute approximate surface area is 176 Å². The van der Waals surface area contributed by atoms with Crippen molar-refractivity contribution in [2.75, 3.05) is 6.54 Å². The summed E-state index contributed by atoms with van der Waals surface area (Å²) in [5.74, 6) is -2.49. The molecule has 3 amide bonds. The molecule has 2 unspecified atom stereocenters. The number of carbonyl (C=O) groups is 4. The number of hydrogen-bond acceptors (Lipinski definition) is 5. The Hall–Kier alpha value is -3.10. The lowest BCUT2D eigenvalue weighted by molar-refractivity contribution is -0.142. The number of carbonyl (C=O) groups excluding carboxylic acids is 3. The first-order valence-corrected chi connectivity index (χ1v) is 9.87. The lowest BCUT2D eigenvalue weighted by atomic mass is 10.0. The van der Waals surface area contributed by atoms with Crippen LogP contribution in [-0.2, 0) is 25.7 Å². The van der Waals surface area contributed by atoms with Gasteiger partial charge in [-0.05, 0) is 23.8 Å². The SMILES string of the molecule is CC(C)CC(NC(=O)CNC(=O)C(NC(=O)OCc1ccccc1)C(C)C)C(=O)O. The molecule has 30 heavy (non-hydrogen) atoms. The van der Waals surface area contributed by atoms with Crippen molar-refractivity contribution < 1.29 is 29.0 Å². The van der Waals surface area contributed by atoms with Crippen molar-refractivity contribution in [3.8, 4) is 0 Å². The number of ether oxygens (including phenoxy) is 1. The van der Waals surface area contributed by atoms with Crippen LogP contribution in [0.15, 0.2) is 30.3 Å². The van der Waals surface area contributed by atoms with Crippen LogP contribution < -0.4 is 16.0 Å². The Morgan fingerprint density at radius 1 is 1.00 bits per heavy atom. The molecule has 1 aromatic rings. The number of carboxylic acid groups (broad SMARTS) is 1. The molecule has 0 aliphatic rings. The molecule has 4 N–H and O–H groups in total. The van der Waals surface area contributed by atoms with E-state index in [1.807, 2.05) is 44.2 Å². The normalized spacial score (nSPS) is 12.7. The average Bonchev–Trinajstić information content (AvgIpc) is 2.68. The van der Waals surface area contributed by atoms with E-state index in [1.54, 1.807) is 13.8 Å². The lowest BCUT2D eigenvalue weighted by Crippen LogP contribution is -2.52. The molecule has 0 fully saturated rings. The number of aliphatic carboxylic acids is 1. The molecule has 0 radical (unpaired) electrons. The summed E-state index contributed by atoms with van der Waals surface area (Å²) in [6, 6.07) is 7.17. The van der Waals surface area contributed by atoms with E-state index in [1.165, 1.54) is 0 Å². The molecule has 166 valence electrons. The van der Waals surface area contributed by atoms with Crippen molar-refractivity contribution in [3.63, 3.8) is 0 Å². The Bertz CT molecular complexity index is 721. The van der Waals surface area contributed by atoms with Gasteiger partial charge in [-0.2, -0.15) is 0 Å². The summed E-state index contributed by atoms with van der Waals surface area (Å²) >= 11 is 0. The molecule has 9 heteroatoms. The smallest absolute Gasteiger partial charge is 0.408 e. The van der Waals surface area contributed by atoms with Crippen molar-refractivity contribution in [3.05, 3.63) is 35.9 Å². The summed E-state index contributed by atoms with van der Waals surface area (Å²) in [6.45, 7) is 6.84. The van der Waals surface area contributed by atoms with Gasteiger partial charge in [0.2, 0.25) is 11.8 Å². The number of alkyl carbamates (subject to hydrolysis) is 1. The van der Waals surface area contributed by atoms with Gasteiger partial charge in [-0.1, -0.05) is 58.0 Å². The fraction of sp³-hybridized carbons (Fsp3) is 0.524. The minimum atomic E-state index is -1.13. The van der Waals surface area contributed by atoms with Crippen LogP contribution in [-0.4, -0.2) is 47.6 Å². The molecule has 1 rings (SSSR count). The summed E-state index contributed by atoms with van der Waals surface area (Å²) in [5, 5.41) is 16.5. The van der Waals surface area contributed by atoms with Crippen LogP contribution in [0.4, 0.5) is 4.79 Å². The summed E-state index contributed by atoms with van der Waals surface area (Å²) < 4.78 is 5.13. The minimum absolute atomic E-state index is 0.0634. The van der Waals surface area contributed by atoms with Crippen LogP contribution >= 0.6 is 0 Å². The van der Waals surface area contributed by atoms with Crippen LogP contribution in [0.2, 0.25) is 0 Å². The average molecular weight is 421 g/mol. The second kappa shape index (κ2) is 12.5. The van der Waals surface area contributed by atoms with Crippen molar-refractivity contribution >= 4 is 23.9 Å². The maximum atomic E-state index is 12.4. The van der Waals surface area contributed by atoms with Gasteiger partial charge in [0, 0.05) is 0 Å². The predicted octanol–water partition coefficient (Wildman–Crippen LogP) is 1.67. The summed E-state index contributed by atoms with van der Waals surface area (Å²) in [4.78, 5) is 47.7. The predicted molar refractivity (Wildman–Crippen MR) is 110 cm³/mol. The van der Waals surface area contributed by atoms with Gasteiger partial charge in [-0.3, -0.25) is 9.59 Å².